The number of para-hydroxylation sites is 2. The fourth-order valence-corrected chi connectivity index (χ4v) is 2.09. The molecule has 2 amide bonds. The third-order valence-electron chi connectivity index (χ3n) is 3.24. The largest absolute Gasteiger partial charge is 0.485 e. The van der Waals surface area contributed by atoms with Gasteiger partial charge in [0.2, 0.25) is 12.0 Å². The molecule has 0 unspecified atom stereocenters. The summed E-state index contributed by atoms with van der Waals surface area (Å²) in [5, 5.41) is 2.71. The molecular formula is C16H14N2O4. The summed E-state index contributed by atoms with van der Waals surface area (Å²) in [7, 11) is 0. The molecule has 3 rings (SSSR count). The lowest BCUT2D eigenvalue weighted by atomic mass is 10.2. The Labute approximate surface area is 126 Å². The number of hydrogen-bond acceptors (Lipinski definition) is 4. The maximum atomic E-state index is 12.2. The predicted octanol–water partition coefficient (Wildman–Crippen LogP) is 1.56. The Morgan fingerprint density at radius 1 is 1.05 bits per heavy atom. The van der Waals surface area contributed by atoms with E-state index < -0.39 is 12.0 Å². The molecule has 1 aliphatic rings. The summed E-state index contributed by atoms with van der Waals surface area (Å²) in [6, 6.07) is 13.5. The first-order chi connectivity index (χ1) is 10.6. The van der Waals surface area contributed by atoms with Crippen molar-refractivity contribution in [1.29, 1.82) is 0 Å². The number of nitrogens with one attached hydrogen (secondary N) is 1. The lowest BCUT2D eigenvalue weighted by Crippen LogP contribution is -2.40. The highest BCUT2D eigenvalue weighted by Crippen LogP contribution is 2.31. The molecule has 0 radical (unpaired) electrons. The Morgan fingerprint density at radius 2 is 1.73 bits per heavy atom. The van der Waals surface area contributed by atoms with Crippen molar-refractivity contribution >= 4 is 17.5 Å². The molecule has 0 fully saturated rings. The summed E-state index contributed by atoms with van der Waals surface area (Å²) < 4.78 is 11.1. The molecule has 0 aliphatic carbocycles. The van der Waals surface area contributed by atoms with Gasteiger partial charge in [0, 0.05) is 11.3 Å². The standard InChI is InChI=1S/C16H14N2O4/c17-15(19)10-5-7-11(8-6-10)18-16(20)14-9-21-12-3-1-2-4-13(12)22-14/h1-8,14H,9H2,(H2,17,19)(H,18,20)/t14-/m1/s1. The number of carbonyl (C=O) groups excluding carboxylic acids is 2. The van der Waals surface area contributed by atoms with E-state index in [2.05, 4.69) is 5.32 Å². The Balaban J connectivity index is 1.66. The quantitative estimate of drug-likeness (QED) is 0.899. The van der Waals surface area contributed by atoms with Gasteiger partial charge in [0.1, 0.15) is 6.61 Å². The summed E-state index contributed by atoms with van der Waals surface area (Å²) in [5.74, 6) is 0.329. The van der Waals surface area contributed by atoms with E-state index in [0.29, 0.717) is 22.7 Å². The number of primary amides is 1. The average molecular weight is 298 g/mol. The van der Waals surface area contributed by atoms with Gasteiger partial charge in [-0.15, -0.1) is 0 Å². The van der Waals surface area contributed by atoms with E-state index in [0.717, 1.165) is 0 Å². The fourth-order valence-electron chi connectivity index (χ4n) is 2.09. The topological polar surface area (TPSA) is 90.7 Å². The third-order valence-corrected chi connectivity index (χ3v) is 3.24. The molecule has 1 heterocycles. The van der Waals surface area contributed by atoms with E-state index in [1.54, 1.807) is 36.4 Å². The maximum Gasteiger partial charge on any atom is 0.269 e. The lowest BCUT2D eigenvalue weighted by molar-refractivity contribution is -0.125. The van der Waals surface area contributed by atoms with Crippen LogP contribution >= 0.6 is 0 Å². The Hall–Kier alpha value is -3.02. The van der Waals surface area contributed by atoms with Crippen LogP contribution in [-0.4, -0.2) is 24.5 Å². The van der Waals surface area contributed by atoms with Crippen molar-refractivity contribution in [3.63, 3.8) is 0 Å². The van der Waals surface area contributed by atoms with E-state index in [1.165, 1.54) is 0 Å². The molecule has 2 aromatic carbocycles. The molecule has 6 heteroatoms. The van der Waals surface area contributed by atoms with Crippen molar-refractivity contribution in [2.24, 2.45) is 5.73 Å². The van der Waals surface area contributed by atoms with Crippen molar-refractivity contribution in [1.82, 2.24) is 0 Å². The molecule has 1 atom stereocenters. The number of amides is 2. The summed E-state index contributed by atoms with van der Waals surface area (Å²) in [4.78, 5) is 23.2. The molecule has 6 nitrogen and oxygen atoms in total. The van der Waals surface area contributed by atoms with Crippen LogP contribution in [0.5, 0.6) is 11.5 Å². The Kier molecular flexibility index (Phi) is 3.65. The molecule has 3 N–H and O–H groups in total. The number of hydrogen-bond donors (Lipinski definition) is 2. The molecule has 0 saturated heterocycles. The van der Waals surface area contributed by atoms with Crippen LogP contribution in [0.3, 0.4) is 0 Å². The van der Waals surface area contributed by atoms with Gasteiger partial charge < -0.3 is 20.5 Å². The molecule has 0 bridgehead atoms. The van der Waals surface area contributed by atoms with Crippen molar-refractivity contribution < 1.29 is 19.1 Å². The van der Waals surface area contributed by atoms with Gasteiger partial charge in [-0.05, 0) is 36.4 Å². The second-order valence-corrected chi connectivity index (χ2v) is 4.80. The minimum atomic E-state index is -0.731. The number of nitrogens with two attached hydrogens (primary N) is 1. The van der Waals surface area contributed by atoms with Gasteiger partial charge in [0.15, 0.2) is 11.5 Å². The molecule has 0 saturated carbocycles. The van der Waals surface area contributed by atoms with Crippen molar-refractivity contribution in [3.8, 4) is 11.5 Å². The maximum absolute atomic E-state index is 12.2. The van der Waals surface area contributed by atoms with E-state index >= 15 is 0 Å². The van der Waals surface area contributed by atoms with Crippen LogP contribution in [0.15, 0.2) is 48.5 Å². The predicted molar refractivity (Wildman–Crippen MR) is 79.9 cm³/mol. The average Bonchev–Trinajstić information content (AvgIpc) is 2.55. The summed E-state index contributed by atoms with van der Waals surface area (Å²) in [5.41, 5.74) is 6.10. The number of carbonyl (C=O) groups is 2. The highest BCUT2D eigenvalue weighted by atomic mass is 16.6. The van der Waals surface area contributed by atoms with Crippen LogP contribution in [0.2, 0.25) is 0 Å². The van der Waals surface area contributed by atoms with Crippen LogP contribution in [-0.2, 0) is 4.79 Å². The Morgan fingerprint density at radius 3 is 2.41 bits per heavy atom. The van der Waals surface area contributed by atoms with Crippen LogP contribution in [0.1, 0.15) is 10.4 Å². The van der Waals surface area contributed by atoms with Crippen LogP contribution in [0.25, 0.3) is 0 Å². The summed E-state index contributed by atoms with van der Waals surface area (Å²) >= 11 is 0. The highest BCUT2D eigenvalue weighted by molar-refractivity contribution is 5.96. The van der Waals surface area contributed by atoms with Gasteiger partial charge in [0.05, 0.1) is 0 Å². The number of anilines is 1. The van der Waals surface area contributed by atoms with Gasteiger partial charge >= 0.3 is 0 Å². The monoisotopic (exact) mass is 298 g/mol. The van der Waals surface area contributed by atoms with Crippen molar-refractivity contribution in [2.45, 2.75) is 6.10 Å². The van der Waals surface area contributed by atoms with Crippen LogP contribution in [0.4, 0.5) is 5.69 Å². The van der Waals surface area contributed by atoms with Gasteiger partial charge in [-0.3, -0.25) is 9.59 Å². The smallest absolute Gasteiger partial charge is 0.269 e. The van der Waals surface area contributed by atoms with E-state index in [9.17, 15) is 9.59 Å². The van der Waals surface area contributed by atoms with Crippen molar-refractivity contribution in [2.75, 3.05) is 11.9 Å². The molecule has 0 aromatic heterocycles. The normalized spacial score (nSPS) is 15.9. The van der Waals surface area contributed by atoms with E-state index in [1.807, 2.05) is 12.1 Å². The summed E-state index contributed by atoms with van der Waals surface area (Å²) in [6.07, 6.45) is -0.731. The first-order valence-electron chi connectivity index (χ1n) is 6.73. The molecule has 22 heavy (non-hydrogen) atoms. The number of fused-ring (bicyclic) bond motifs is 1. The zero-order valence-electron chi connectivity index (χ0n) is 11.6. The fraction of sp³-hybridized carbons (Fsp3) is 0.125. The number of benzene rings is 2. The van der Waals surface area contributed by atoms with Crippen molar-refractivity contribution in [3.05, 3.63) is 54.1 Å². The molecule has 112 valence electrons. The lowest BCUT2D eigenvalue weighted by Gasteiger charge is -2.25. The zero-order chi connectivity index (χ0) is 15.5. The van der Waals surface area contributed by atoms with E-state index in [4.69, 9.17) is 15.2 Å². The van der Waals surface area contributed by atoms with Gasteiger partial charge in [-0.25, -0.2) is 0 Å². The third kappa shape index (κ3) is 2.85. The molecule has 1 aliphatic heterocycles. The molecule has 2 aromatic rings. The molecule has 0 spiro atoms. The minimum absolute atomic E-state index is 0.141. The summed E-state index contributed by atoms with van der Waals surface area (Å²) in [6.45, 7) is 0.141. The second kappa shape index (κ2) is 5.77. The van der Waals surface area contributed by atoms with Crippen LogP contribution in [0, 0.1) is 0 Å². The zero-order valence-corrected chi connectivity index (χ0v) is 11.6. The first-order valence-corrected chi connectivity index (χ1v) is 6.73. The molecular weight excluding hydrogens is 284 g/mol. The van der Waals surface area contributed by atoms with Gasteiger partial charge in [-0.2, -0.15) is 0 Å². The van der Waals surface area contributed by atoms with Gasteiger partial charge in [-0.1, -0.05) is 12.1 Å². The second-order valence-electron chi connectivity index (χ2n) is 4.80. The first kappa shape index (κ1) is 13.9. The number of rotatable bonds is 3. The Bertz CT molecular complexity index is 712. The van der Waals surface area contributed by atoms with Crippen LogP contribution < -0.4 is 20.5 Å². The van der Waals surface area contributed by atoms with Gasteiger partial charge in [0.25, 0.3) is 5.91 Å². The SMILES string of the molecule is NC(=O)c1ccc(NC(=O)[C@H]2COc3ccccc3O2)cc1. The minimum Gasteiger partial charge on any atom is -0.485 e. The highest BCUT2D eigenvalue weighted by Gasteiger charge is 2.27. The van der Waals surface area contributed by atoms with E-state index in [-0.39, 0.29) is 12.5 Å². The number of ether oxygens (including phenoxy) is 2.